The van der Waals surface area contributed by atoms with E-state index in [1.165, 1.54) is 7.05 Å². The Labute approximate surface area is 100 Å². The van der Waals surface area contributed by atoms with Gasteiger partial charge in [-0.3, -0.25) is 14.5 Å². The van der Waals surface area contributed by atoms with Crippen molar-refractivity contribution in [3.05, 3.63) is 0 Å². The number of carbonyl (C=O) groups is 3. The van der Waals surface area contributed by atoms with E-state index in [1.54, 1.807) is 5.32 Å². The topological polar surface area (TPSA) is 78.5 Å². The number of rotatable bonds is 2. The number of likely N-dealkylation sites (N-methyl/N-ethyl adjacent to an activating group) is 1. The SMILES string of the molecule is CN1C(=O)CCC(NC(=O)NCC(F)(F)F)C1=O. The second kappa shape index (κ2) is 5.23. The Morgan fingerprint density at radius 2 is 2.06 bits per heavy atom. The number of amides is 4. The standard InChI is InChI=1S/C9H12F3N3O3/c1-15-6(16)3-2-5(7(15)17)14-8(18)13-4-9(10,11)12/h5H,2-4H2,1H3,(H2,13,14,18). The third-order valence-electron chi connectivity index (χ3n) is 2.40. The molecule has 1 aliphatic heterocycles. The van der Waals surface area contributed by atoms with Gasteiger partial charge in [0.15, 0.2) is 0 Å². The lowest BCUT2D eigenvalue weighted by atomic mass is 10.1. The van der Waals surface area contributed by atoms with Crippen LogP contribution in [0.5, 0.6) is 0 Å². The molecule has 1 rings (SSSR count). The molecule has 1 fully saturated rings. The van der Waals surface area contributed by atoms with E-state index in [4.69, 9.17) is 0 Å². The number of hydrogen-bond donors (Lipinski definition) is 2. The van der Waals surface area contributed by atoms with Gasteiger partial charge < -0.3 is 10.6 Å². The molecule has 0 aromatic carbocycles. The molecule has 18 heavy (non-hydrogen) atoms. The molecule has 1 unspecified atom stereocenters. The van der Waals surface area contributed by atoms with Gasteiger partial charge in [-0.15, -0.1) is 0 Å². The van der Waals surface area contributed by atoms with Crippen molar-refractivity contribution >= 4 is 17.8 Å². The number of alkyl halides is 3. The fourth-order valence-corrected chi connectivity index (χ4v) is 1.44. The number of hydrogen-bond acceptors (Lipinski definition) is 3. The highest BCUT2D eigenvalue weighted by Crippen LogP contribution is 2.13. The Balaban J connectivity index is 2.45. The fourth-order valence-electron chi connectivity index (χ4n) is 1.44. The van der Waals surface area contributed by atoms with E-state index in [-0.39, 0.29) is 18.7 Å². The van der Waals surface area contributed by atoms with Gasteiger partial charge in [0.2, 0.25) is 5.91 Å². The molecule has 1 atom stereocenters. The molecule has 0 bridgehead atoms. The van der Waals surface area contributed by atoms with Crippen molar-refractivity contribution in [1.82, 2.24) is 15.5 Å². The molecule has 1 heterocycles. The molecule has 0 aromatic rings. The van der Waals surface area contributed by atoms with Gasteiger partial charge in [0.05, 0.1) is 0 Å². The zero-order chi connectivity index (χ0) is 13.9. The van der Waals surface area contributed by atoms with Gasteiger partial charge in [-0.05, 0) is 6.42 Å². The quantitative estimate of drug-likeness (QED) is 0.691. The molecule has 0 aliphatic carbocycles. The van der Waals surface area contributed by atoms with Crippen molar-refractivity contribution in [2.45, 2.75) is 25.1 Å². The van der Waals surface area contributed by atoms with Crippen LogP contribution >= 0.6 is 0 Å². The number of nitrogens with zero attached hydrogens (tertiary/aromatic N) is 1. The number of carbonyl (C=O) groups excluding carboxylic acids is 3. The van der Waals surface area contributed by atoms with Gasteiger partial charge in [0, 0.05) is 13.5 Å². The van der Waals surface area contributed by atoms with Crippen molar-refractivity contribution in [1.29, 1.82) is 0 Å². The molecular formula is C9H12F3N3O3. The van der Waals surface area contributed by atoms with E-state index >= 15 is 0 Å². The van der Waals surface area contributed by atoms with Crippen LogP contribution in [0.3, 0.4) is 0 Å². The minimum Gasteiger partial charge on any atom is -0.329 e. The highest BCUT2D eigenvalue weighted by molar-refractivity contribution is 6.01. The smallest absolute Gasteiger partial charge is 0.329 e. The highest BCUT2D eigenvalue weighted by Gasteiger charge is 2.33. The van der Waals surface area contributed by atoms with E-state index in [0.29, 0.717) is 0 Å². The summed E-state index contributed by atoms with van der Waals surface area (Å²) >= 11 is 0. The summed E-state index contributed by atoms with van der Waals surface area (Å²) in [6.45, 7) is -1.48. The first kappa shape index (κ1) is 14.3. The van der Waals surface area contributed by atoms with Crippen LogP contribution in [0.1, 0.15) is 12.8 Å². The molecule has 1 aliphatic rings. The average Bonchev–Trinajstić information content (AvgIpc) is 2.26. The van der Waals surface area contributed by atoms with Gasteiger partial charge in [0.1, 0.15) is 12.6 Å². The monoisotopic (exact) mass is 267 g/mol. The molecule has 4 amide bonds. The minimum atomic E-state index is -4.51. The van der Waals surface area contributed by atoms with E-state index < -0.39 is 30.7 Å². The minimum absolute atomic E-state index is 0.0620. The van der Waals surface area contributed by atoms with Crippen molar-refractivity contribution in [2.24, 2.45) is 0 Å². The van der Waals surface area contributed by atoms with Crippen LogP contribution < -0.4 is 10.6 Å². The van der Waals surface area contributed by atoms with Gasteiger partial charge >= 0.3 is 12.2 Å². The van der Waals surface area contributed by atoms with Crippen molar-refractivity contribution in [3.8, 4) is 0 Å². The number of likely N-dealkylation sites (tertiary alicyclic amines) is 1. The zero-order valence-corrected chi connectivity index (χ0v) is 9.50. The van der Waals surface area contributed by atoms with Crippen molar-refractivity contribution in [2.75, 3.05) is 13.6 Å². The maximum Gasteiger partial charge on any atom is 0.405 e. The molecule has 9 heteroatoms. The lowest BCUT2D eigenvalue weighted by Crippen LogP contribution is -2.55. The Hall–Kier alpha value is -1.80. The first-order chi connectivity index (χ1) is 8.20. The molecule has 102 valence electrons. The number of piperidine rings is 1. The number of imide groups is 1. The second-order valence-corrected chi connectivity index (χ2v) is 3.82. The summed E-state index contributed by atoms with van der Waals surface area (Å²) in [5.41, 5.74) is 0. The van der Waals surface area contributed by atoms with Crippen LogP contribution in [-0.4, -0.2) is 48.6 Å². The Morgan fingerprint density at radius 3 is 2.61 bits per heavy atom. The first-order valence-electron chi connectivity index (χ1n) is 5.12. The van der Waals surface area contributed by atoms with Crippen LogP contribution in [0.15, 0.2) is 0 Å². The predicted molar refractivity (Wildman–Crippen MR) is 53.4 cm³/mol. The summed E-state index contributed by atoms with van der Waals surface area (Å²) in [6.07, 6.45) is -4.37. The maximum absolute atomic E-state index is 11.8. The molecule has 1 saturated heterocycles. The fraction of sp³-hybridized carbons (Fsp3) is 0.667. The first-order valence-corrected chi connectivity index (χ1v) is 5.12. The molecule has 0 saturated carbocycles. The summed E-state index contributed by atoms with van der Waals surface area (Å²) in [6, 6.07) is -2.06. The largest absolute Gasteiger partial charge is 0.405 e. The molecule has 0 aromatic heterocycles. The van der Waals surface area contributed by atoms with E-state index in [0.717, 1.165) is 4.90 Å². The second-order valence-electron chi connectivity index (χ2n) is 3.82. The third-order valence-corrected chi connectivity index (χ3v) is 2.40. The van der Waals surface area contributed by atoms with Gasteiger partial charge in [-0.1, -0.05) is 0 Å². The molecular weight excluding hydrogens is 255 g/mol. The summed E-state index contributed by atoms with van der Waals surface area (Å²) < 4.78 is 35.5. The molecule has 0 radical (unpaired) electrons. The average molecular weight is 267 g/mol. The van der Waals surface area contributed by atoms with Crippen LogP contribution in [-0.2, 0) is 9.59 Å². The lowest BCUT2D eigenvalue weighted by Gasteiger charge is -2.28. The summed E-state index contributed by atoms with van der Waals surface area (Å²) in [4.78, 5) is 34.6. The van der Waals surface area contributed by atoms with Gasteiger partial charge in [-0.25, -0.2) is 4.79 Å². The highest BCUT2D eigenvalue weighted by atomic mass is 19.4. The van der Waals surface area contributed by atoms with Gasteiger partial charge in [-0.2, -0.15) is 13.2 Å². The van der Waals surface area contributed by atoms with Crippen LogP contribution in [0.4, 0.5) is 18.0 Å². The normalized spacial score (nSPS) is 20.9. The van der Waals surface area contributed by atoms with Crippen LogP contribution in [0.2, 0.25) is 0 Å². The van der Waals surface area contributed by atoms with Crippen LogP contribution in [0.25, 0.3) is 0 Å². The molecule has 2 N–H and O–H groups in total. The van der Waals surface area contributed by atoms with Crippen molar-refractivity contribution < 1.29 is 27.6 Å². The number of halogens is 3. The zero-order valence-electron chi connectivity index (χ0n) is 9.50. The van der Waals surface area contributed by atoms with E-state index in [1.807, 2.05) is 0 Å². The Morgan fingerprint density at radius 1 is 1.44 bits per heavy atom. The number of urea groups is 1. The summed E-state index contributed by atoms with van der Waals surface area (Å²) in [5.74, 6) is -1.01. The van der Waals surface area contributed by atoms with Crippen molar-refractivity contribution in [3.63, 3.8) is 0 Å². The molecule has 6 nitrogen and oxygen atoms in total. The van der Waals surface area contributed by atoms with Gasteiger partial charge in [0.25, 0.3) is 5.91 Å². The van der Waals surface area contributed by atoms with E-state index in [9.17, 15) is 27.6 Å². The lowest BCUT2D eigenvalue weighted by molar-refractivity contribution is -0.147. The Bertz CT molecular complexity index is 370. The summed E-state index contributed by atoms with van der Waals surface area (Å²) in [5, 5.41) is 3.68. The van der Waals surface area contributed by atoms with E-state index in [2.05, 4.69) is 5.32 Å². The number of nitrogens with one attached hydrogen (secondary N) is 2. The van der Waals surface area contributed by atoms with Crippen LogP contribution in [0, 0.1) is 0 Å². The third kappa shape index (κ3) is 3.90. The molecule has 0 spiro atoms. The maximum atomic E-state index is 11.8. The summed E-state index contributed by atoms with van der Waals surface area (Å²) in [7, 11) is 1.26. The Kier molecular flexibility index (Phi) is 4.15. The predicted octanol–water partition coefficient (Wildman–Crippen LogP) is -0.00470.